The lowest BCUT2D eigenvalue weighted by Crippen LogP contribution is -2.51. The van der Waals surface area contributed by atoms with Gasteiger partial charge < -0.3 is 10.6 Å². The van der Waals surface area contributed by atoms with Crippen molar-refractivity contribution >= 4 is 15.9 Å². The molecule has 0 spiro atoms. The normalized spacial score (nSPS) is 14.3. The number of nitrogens with one attached hydrogen (secondary N) is 3. The second-order valence-electron chi connectivity index (χ2n) is 5.07. The number of carbonyl (C=O) groups is 1. The average molecular weight is 279 g/mol. The molecule has 0 aromatic heterocycles. The molecule has 18 heavy (non-hydrogen) atoms. The summed E-state index contributed by atoms with van der Waals surface area (Å²) in [5.74, 6) is -0.0822. The van der Waals surface area contributed by atoms with Crippen molar-refractivity contribution < 1.29 is 13.2 Å². The molecule has 0 saturated carbocycles. The van der Waals surface area contributed by atoms with Crippen molar-refractivity contribution in [3.63, 3.8) is 0 Å². The molecule has 0 aliphatic rings. The molecule has 7 heteroatoms. The van der Waals surface area contributed by atoms with Gasteiger partial charge in [0, 0.05) is 18.6 Å². The van der Waals surface area contributed by atoms with E-state index >= 15 is 0 Å². The van der Waals surface area contributed by atoms with E-state index in [9.17, 15) is 13.2 Å². The van der Waals surface area contributed by atoms with Crippen LogP contribution in [0.15, 0.2) is 0 Å². The molecule has 0 bridgehead atoms. The second kappa shape index (κ2) is 7.06. The van der Waals surface area contributed by atoms with Crippen molar-refractivity contribution in [2.24, 2.45) is 0 Å². The summed E-state index contributed by atoms with van der Waals surface area (Å²) in [6.07, 6.45) is 1.95. The largest absolute Gasteiger partial charge is 0.350 e. The Morgan fingerprint density at radius 1 is 1.28 bits per heavy atom. The first-order chi connectivity index (χ1) is 8.07. The lowest BCUT2D eigenvalue weighted by Gasteiger charge is -2.26. The van der Waals surface area contributed by atoms with E-state index in [4.69, 9.17) is 0 Å². The molecule has 0 saturated heterocycles. The van der Waals surface area contributed by atoms with Crippen molar-refractivity contribution in [1.29, 1.82) is 0 Å². The molecule has 1 unspecified atom stereocenters. The molecule has 0 rings (SSSR count). The zero-order chi connectivity index (χ0) is 14.4. The van der Waals surface area contributed by atoms with Crippen LogP contribution < -0.4 is 15.4 Å². The Hall–Kier alpha value is -0.660. The molecule has 6 nitrogen and oxygen atoms in total. The topological polar surface area (TPSA) is 87.3 Å². The highest BCUT2D eigenvalue weighted by atomic mass is 32.2. The van der Waals surface area contributed by atoms with Gasteiger partial charge in [-0.2, -0.15) is 0 Å². The van der Waals surface area contributed by atoms with Gasteiger partial charge in [0.1, 0.15) is 0 Å². The maximum atomic E-state index is 11.8. The third kappa shape index (κ3) is 8.43. The van der Waals surface area contributed by atoms with E-state index in [-0.39, 0.29) is 24.0 Å². The molecule has 1 atom stereocenters. The van der Waals surface area contributed by atoms with Gasteiger partial charge in [-0.1, -0.05) is 6.92 Å². The zero-order valence-electron chi connectivity index (χ0n) is 11.8. The van der Waals surface area contributed by atoms with Crippen LogP contribution in [0.25, 0.3) is 0 Å². The van der Waals surface area contributed by atoms with Gasteiger partial charge in [-0.3, -0.25) is 4.79 Å². The molecule has 0 fully saturated rings. The van der Waals surface area contributed by atoms with Crippen molar-refractivity contribution in [3.05, 3.63) is 0 Å². The van der Waals surface area contributed by atoms with Crippen molar-refractivity contribution in [2.45, 2.75) is 45.7 Å². The SMILES string of the molecule is CCC(C)(C)NC(=O)C(C)NCCNS(C)(=O)=O. The number of rotatable bonds is 8. The zero-order valence-corrected chi connectivity index (χ0v) is 12.6. The van der Waals surface area contributed by atoms with E-state index in [0.717, 1.165) is 12.7 Å². The average Bonchev–Trinajstić information content (AvgIpc) is 2.22. The quantitative estimate of drug-likeness (QED) is 0.538. The standard InChI is InChI=1S/C11H25N3O3S/c1-6-11(3,4)14-10(15)9(2)12-7-8-13-18(5,16)17/h9,12-13H,6-8H2,1-5H3,(H,14,15). The van der Waals surface area contributed by atoms with E-state index in [1.165, 1.54) is 0 Å². The highest BCUT2D eigenvalue weighted by molar-refractivity contribution is 7.88. The van der Waals surface area contributed by atoms with Crippen LogP contribution in [-0.2, 0) is 14.8 Å². The molecule has 0 aromatic rings. The summed E-state index contributed by atoms with van der Waals surface area (Å²) in [6.45, 7) is 8.36. The molecular formula is C11H25N3O3S. The molecule has 1 amide bonds. The fourth-order valence-corrected chi connectivity index (χ4v) is 1.62. The van der Waals surface area contributed by atoms with E-state index in [1.807, 2.05) is 20.8 Å². The summed E-state index contributed by atoms with van der Waals surface area (Å²) in [4.78, 5) is 11.8. The number of hydrogen-bond donors (Lipinski definition) is 3. The van der Waals surface area contributed by atoms with Gasteiger partial charge in [0.05, 0.1) is 12.3 Å². The van der Waals surface area contributed by atoms with E-state index in [1.54, 1.807) is 6.92 Å². The summed E-state index contributed by atoms with van der Waals surface area (Å²) in [5.41, 5.74) is -0.224. The smallest absolute Gasteiger partial charge is 0.237 e. The molecular weight excluding hydrogens is 254 g/mol. The van der Waals surface area contributed by atoms with Crippen molar-refractivity contribution in [1.82, 2.24) is 15.4 Å². The highest BCUT2D eigenvalue weighted by Crippen LogP contribution is 2.06. The summed E-state index contributed by atoms with van der Waals surface area (Å²) < 4.78 is 24.0. The van der Waals surface area contributed by atoms with Gasteiger partial charge in [0.25, 0.3) is 0 Å². The Morgan fingerprint density at radius 2 is 1.83 bits per heavy atom. The van der Waals surface area contributed by atoms with Gasteiger partial charge in [0.2, 0.25) is 15.9 Å². The van der Waals surface area contributed by atoms with Crippen LogP contribution in [0.1, 0.15) is 34.1 Å². The minimum absolute atomic E-state index is 0.0822. The van der Waals surface area contributed by atoms with Crippen LogP contribution in [0.4, 0.5) is 0 Å². The van der Waals surface area contributed by atoms with Gasteiger partial charge in [-0.25, -0.2) is 13.1 Å². The van der Waals surface area contributed by atoms with Crippen LogP contribution in [0.5, 0.6) is 0 Å². The van der Waals surface area contributed by atoms with E-state index in [0.29, 0.717) is 6.54 Å². The van der Waals surface area contributed by atoms with Crippen LogP contribution in [0.2, 0.25) is 0 Å². The molecule has 0 aromatic carbocycles. The molecule has 3 N–H and O–H groups in total. The summed E-state index contributed by atoms with van der Waals surface area (Å²) in [6, 6.07) is -0.350. The van der Waals surface area contributed by atoms with Gasteiger partial charge in [0.15, 0.2) is 0 Å². The molecule has 0 aliphatic carbocycles. The number of sulfonamides is 1. The Morgan fingerprint density at radius 3 is 2.28 bits per heavy atom. The van der Waals surface area contributed by atoms with Gasteiger partial charge in [-0.15, -0.1) is 0 Å². The summed E-state index contributed by atoms with van der Waals surface area (Å²) >= 11 is 0. The highest BCUT2D eigenvalue weighted by Gasteiger charge is 2.21. The fourth-order valence-electron chi connectivity index (χ4n) is 1.15. The Kier molecular flexibility index (Phi) is 6.80. The fraction of sp³-hybridized carbons (Fsp3) is 0.909. The first-order valence-corrected chi connectivity index (χ1v) is 7.96. The first kappa shape index (κ1) is 17.3. The van der Waals surface area contributed by atoms with Crippen molar-refractivity contribution in [3.8, 4) is 0 Å². The number of hydrogen-bond acceptors (Lipinski definition) is 4. The second-order valence-corrected chi connectivity index (χ2v) is 6.90. The predicted octanol–water partition coefficient (Wildman–Crippen LogP) is -0.181. The van der Waals surface area contributed by atoms with Gasteiger partial charge in [-0.05, 0) is 27.2 Å². The maximum absolute atomic E-state index is 11.8. The predicted molar refractivity (Wildman–Crippen MR) is 72.8 cm³/mol. The van der Waals surface area contributed by atoms with Crippen LogP contribution in [-0.4, -0.2) is 45.3 Å². The molecule has 0 heterocycles. The summed E-state index contributed by atoms with van der Waals surface area (Å²) in [5, 5.41) is 5.89. The monoisotopic (exact) mass is 279 g/mol. The first-order valence-electron chi connectivity index (χ1n) is 6.07. The van der Waals surface area contributed by atoms with E-state index in [2.05, 4.69) is 15.4 Å². The molecule has 0 radical (unpaired) electrons. The Bertz CT molecular complexity index is 366. The number of carbonyl (C=O) groups excluding carboxylic acids is 1. The van der Waals surface area contributed by atoms with Crippen LogP contribution in [0.3, 0.4) is 0 Å². The molecule has 0 aliphatic heterocycles. The van der Waals surface area contributed by atoms with Gasteiger partial charge >= 0.3 is 0 Å². The Labute approximate surface area is 110 Å². The third-order valence-electron chi connectivity index (χ3n) is 2.68. The lowest BCUT2D eigenvalue weighted by atomic mass is 10.0. The number of amides is 1. The minimum atomic E-state index is -3.17. The van der Waals surface area contributed by atoms with Crippen LogP contribution >= 0.6 is 0 Å². The maximum Gasteiger partial charge on any atom is 0.237 e. The van der Waals surface area contributed by atoms with Crippen molar-refractivity contribution in [2.75, 3.05) is 19.3 Å². The third-order valence-corrected chi connectivity index (χ3v) is 3.41. The lowest BCUT2D eigenvalue weighted by molar-refractivity contribution is -0.124. The summed E-state index contributed by atoms with van der Waals surface area (Å²) in [7, 11) is -3.17. The van der Waals surface area contributed by atoms with Crippen LogP contribution in [0, 0.1) is 0 Å². The Balaban J connectivity index is 3.96. The minimum Gasteiger partial charge on any atom is -0.350 e. The molecule has 108 valence electrons. The van der Waals surface area contributed by atoms with E-state index < -0.39 is 10.0 Å².